The van der Waals surface area contributed by atoms with Crippen LogP contribution in [-0.2, 0) is 4.79 Å². The van der Waals surface area contributed by atoms with Crippen molar-refractivity contribution in [1.82, 2.24) is 10.2 Å². The molecule has 0 unspecified atom stereocenters. The van der Waals surface area contributed by atoms with Crippen molar-refractivity contribution >= 4 is 5.91 Å². The van der Waals surface area contributed by atoms with E-state index in [0.717, 1.165) is 22.4 Å². The third-order valence-corrected chi connectivity index (χ3v) is 5.17. The Morgan fingerprint density at radius 1 is 1.07 bits per heavy atom. The van der Waals surface area contributed by atoms with E-state index in [9.17, 15) is 9.90 Å². The topological polar surface area (TPSA) is 61.8 Å². The van der Waals surface area contributed by atoms with Gasteiger partial charge in [0.1, 0.15) is 5.75 Å². The van der Waals surface area contributed by atoms with E-state index >= 15 is 0 Å². The number of methoxy groups -OCH3 is 1. The van der Waals surface area contributed by atoms with Crippen LogP contribution in [0.15, 0.2) is 48.5 Å². The lowest BCUT2D eigenvalue weighted by molar-refractivity contribution is -0.123. The van der Waals surface area contributed by atoms with Gasteiger partial charge >= 0.3 is 0 Å². The second-order valence-electron chi connectivity index (χ2n) is 7.82. The van der Waals surface area contributed by atoms with Crippen LogP contribution in [0.3, 0.4) is 0 Å². The molecule has 0 heterocycles. The molecule has 158 valence electrons. The highest BCUT2D eigenvalue weighted by Crippen LogP contribution is 2.24. The maximum atomic E-state index is 12.7. The van der Waals surface area contributed by atoms with Crippen LogP contribution in [-0.4, -0.2) is 42.7 Å². The second-order valence-corrected chi connectivity index (χ2v) is 7.82. The Kier molecular flexibility index (Phi) is 8.68. The molecule has 2 aromatic carbocycles. The molecule has 0 aromatic heterocycles. The zero-order valence-electron chi connectivity index (χ0n) is 18.2. The van der Waals surface area contributed by atoms with E-state index in [-0.39, 0.29) is 24.4 Å². The molecule has 2 aromatic rings. The lowest BCUT2D eigenvalue weighted by Gasteiger charge is -2.27. The first kappa shape index (κ1) is 22.9. The summed E-state index contributed by atoms with van der Waals surface area (Å²) in [6.45, 7) is 9.55. The van der Waals surface area contributed by atoms with Crippen molar-refractivity contribution in [1.29, 1.82) is 0 Å². The van der Waals surface area contributed by atoms with Crippen LogP contribution in [0.4, 0.5) is 0 Å². The minimum Gasteiger partial charge on any atom is -0.497 e. The van der Waals surface area contributed by atoms with Crippen LogP contribution in [0.2, 0.25) is 0 Å². The summed E-state index contributed by atoms with van der Waals surface area (Å²) >= 11 is 0. The molecule has 2 atom stereocenters. The van der Waals surface area contributed by atoms with Crippen molar-refractivity contribution in [3.8, 4) is 5.75 Å². The normalized spacial score (nSPS) is 13.4. The van der Waals surface area contributed by atoms with Crippen LogP contribution in [0, 0.1) is 12.8 Å². The fourth-order valence-corrected chi connectivity index (χ4v) is 3.31. The summed E-state index contributed by atoms with van der Waals surface area (Å²) in [4.78, 5) is 14.7. The van der Waals surface area contributed by atoms with Gasteiger partial charge in [-0.1, -0.05) is 62.7 Å². The highest BCUT2D eigenvalue weighted by Gasteiger charge is 2.21. The first-order chi connectivity index (χ1) is 13.8. The van der Waals surface area contributed by atoms with Gasteiger partial charge in [0.25, 0.3) is 0 Å². The minimum absolute atomic E-state index is 0.0440. The zero-order valence-corrected chi connectivity index (χ0v) is 18.2. The fourth-order valence-electron chi connectivity index (χ4n) is 3.31. The van der Waals surface area contributed by atoms with Crippen LogP contribution in [0.1, 0.15) is 49.6 Å². The molecule has 0 saturated carbocycles. The quantitative estimate of drug-likeness (QED) is 0.638. The Hall–Kier alpha value is -2.37. The number of aryl methyl sites for hydroxylation is 1. The molecule has 5 nitrogen and oxygen atoms in total. The summed E-state index contributed by atoms with van der Waals surface area (Å²) in [5.74, 6) is 1.00. The van der Waals surface area contributed by atoms with Crippen molar-refractivity contribution in [3.05, 3.63) is 65.2 Å². The van der Waals surface area contributed by atoms with E-state index in [1.807, 2.05) is 67.3 Å². The Labute approximate surface area is 174 Å². The third-order valence-electron chi connectivity index (χ3n) is 5.17. The van der Waals surface area contributed by atoms with Gasteiger partial charge in [0.2, 0.25) is 5.91 Å². The molecular formula is C24H34N2O3. The lowest BCUT2D eigenvalue weighted by atomic mass is 9.96. The average molecular weight is 399 g/mol. The maximum Gasteiger partial charge on any atom is 0.234 e. The predicted molar refractivity (Wildman–Crippen MR) is 117 cm³/mol. The van der Waals surface area contributed by atoms with E-state index in [0.29, 0.717) is 13.1 Å². The molecule has 0 aliphatic heterocycles. The first-order valence-electron chi connectivity index (χ1n) is 10.2. The summed E-state index contributed by atoms with van der Waals surface area (Å²) in [6.07, 6.45) is -0.620. The van der Waals surface area contributed by atoms with Crippen molar-refractivity contribution < 1.29 is 14.6 Å². The number of likely N-dealkylation sites (N-methyl/N-ethyl adjacent to an activating group) is 1. The van der Waals surface area contributed by atoms with Gasteiger partial charge in [0.05, 0.1) is 25.8 Å². The largest absolute Gasteiger partial charge is 0.497 e. The Morgan fingerprint density at radius 3 is 2.17 bits per heavy atom. The number of benzene rings is 2. The van der Waals surface area contributed by atoms with Crippen molar-refractivity contribution in [2.24, 2.45) is 5.92 Å². The summed E-state index contributed by atoms with van der Waals surface area (Å²) in [6, 6.07) is 15.6. The van der Waals surface area contributed by atoms with Crippen LogP contribution in [0.25, 0.3) is 0 Å². The number of carbonyl (C=O) groups is 1. The third kappa shape index (κ3) is 6.87. The number of hydrogen-bond donors (Lipinski definition) is 2. The molecule has 2 rings (SSSR count). The van der Waals surface area contributed by atoms with Gasteiger partial charge < -0.3 is 15.2 Å². The van der Waals surface area contributed by atoms with Crippen LogP contribution < -0.4 is 10.1 Å². The van der Waals surface area contributed by atoms with Gasteiger partial charge in [-0.25, -0.2) is 0 Å². The van der Waals surface area contributed by atoms with Gasteiger partial charge in [-0.2, -0.15) is 0 Å². The Morgan fingerprint density at radius 2 is 1.66 bits per heavy atom. The molecule has 29 heavy (non-hydrogen) atoms. The molecule has 0 fully saturated rings. The number of rotatable bonds is 10. The number of aliphatic hydroxyl groups is 1. The lowest BCUT2D eigenvalue weighted by Crippen LogP contribution is -2.41. The summed E-state index contributed by atoms with van der Waals surface area (Å²) < 4.78 is 5.22. The Balaban J connectivity index is 1.98. The van der Waals surface area contributed by atoms with Gasteiger partial charge in [0.15, 0.2) is 0 Å². The van der Waals surface area contributed by atoms with Gasteiger partial charge in [-0.15, -0.1) is 0 Å². The van der Waals surface area contributed by atoms with Crippen LogP contribution >= 0.6 is 0 Å². The number of amides is 1. The highest BCUT2D eigenvalue weighted by molar-refractivity contribution is 5.78. The number of nitrogens with zero attached hydrogens (tertiary/aromatic N) is 1. The zero-order chi connectivity index (χ0) is 21.4. The predicted octanol–water partition coefficient (Wildman–Crippen LogP) is 3.87. The standard InChI is InChI=1S/C24H34N2O3/c1-6-26(15-22(27)19-9-7-18(4)8-10-19)16-23(28)25-24(17(2)3)20-11-13-21(29-5)14-12-20/h7-14,17,22,24,27H,6,15-16H2,1-5H3,(H,25,28)/t22-,24-/m0/s1. The number of hydrogen-bond acceptors (Lipinski definition) is 4. The first-order valence-corrected chi connectivity index (χ1v) is 10.2. The molecule has 0 saturated heterocycles. The van der Waals surface area contributed by atoms with E-state index < -0.39 is 6.10 Å². The number of nitrogens with one attached hydrogen (secondary N) is 1. The number of aliphatic hydroxyl groups excluding tert-OH is 1. The molecule has 2 N–H and O–H groups in total. The summed E-state index contributed by atoms with van der Waals surface area (Å²) in [7, 11) is 1.64. The summed E-state index contributed by atoms with van der Waals surface area (Å²) in [5, 5.41) is 13.7. The maximum absolute atomic E-state index is 12.7. The molecule has 0 aliphatic rings. The van der Waals surface area contributed by atoms with Crippen molar-refractivity contribution in [3.63, 3.8) is 0 Å². The van der Waals surface area contributed by atoms with Gasteiger partial charge in [0, 0.05) is 6.54 Å². The second kappa shape index (κ2) is 11.0. The molecular weight excluding hydrogens is 364 g/mol. The molecule has 0 radical (unpaired) electrons. The Bertz CT molecular complexity index is 757. The van der Waals surface area contributed by atoms with E-state index in [1.54, 1.807) is 7.11 Å². The molecule has 0 spiro atoms. The highest BCUT2D eigenvalue weighted by atomic mass is 16.5. The van der Waals surface area contributed by atoms with Crippen LogP contribution in [0.5, 0.6) is 5.75 Å². The summed E-state index contributed by atoms with van der Waals surface area (Å²) in [5.41, 5.74) is 3.08. The van der Waals surface area contributed by atoms with Gasteiger partial charge in [-0.05, 0) is 42.6 Å². The SMILES string of the molecule is CCN(CC(=O)N[C@H](c1ccc(OC)cc1)C(C)C)C[C@H](O)c1ccc(C)cc1. The minimum atomic E-state index is -0.620. The van der Waals surface area contributed by atoms with Crippen molar-refractivity contribution in [2.75, 3.05) is 26.7 Å². The smallest absolute Gasteiger partial charge is 0.234 e. The fraction of sp³-hybridized carbons (Fsp3) is 0.458. The molecule has 5 heteroatoms. The van der Waals surface area contributed by atoms with E-state index in [2.05, 4.69) is 19.2 Å². The van der Waals surface area contributed by atoms with E-state index in [1.165, 1.54) is 0 Å². The molecule has 0 bridgehead atoms. The average Bonchev–Trinajstić information content (AvgIpc) is 2.71. The number of ether oxygens (including phenoxy) is 1. The molecule has 1 amide bonds. The monoisotopic (exact) mass is 398 g/mol. The van der Waals surface area contributed by atoms with Gasteiger partial charge in [-0.3, -0.25) is 9.69 Å². The van der Waals surface area contributed by atoms with E-state index in [4.69, 9.17) is 4.74 Å². The number of carbonyl (C=O) groups excluding carboxylic acids is 1. The molecule has 0 aliphatic carbocycles. The van der Waals surface area contributed by atoms with Crippen molar-refractivity contribution in [2.45, 2.75) is 39.8 Å².